The minimum atomic E-state index is -0.337. The van der Waals surface area contributed by atoms with Crippen LogP contribution >= 0.6 is 0 Å². The molecule has 0 radical (unpaired) electrons. The average Bonchev–Trinajstić information content (AvgIpc) is 2.61. The van der Waals surface area contributed by atoms with Crippen LogP contribution < -0.4 is 5.32 Å². The van der Waals surface area contributed by atoms with Crippen molar-refractivity contribution in [3.8, 4) is 0 Å². The van der Waals surface area contributed by atoms with Crippen LogP contribution in [-0.2, 0) is 14.3 Å². The van der Waals surface area contributed by atoms with Gasteiger partial charge in [0, 0.05) is 31.2 Å². The molecule has 0 aliphatic carbocycles. The van der Waals surface area contributed by atoms with Crippen molar-refractivity contribution in [2.75, 3.05) is 38.2 Å². The van der Waals surface area contributed by atoms with Crippen molar-refractivity contribution in [1.82, 2.24) is 4.90 Å². The lowest BCUT2D eigenvalue weighted by Gasteiger charge is -2.31. The molecule has 0 aromatic heterocycles. The van der Waals surface area contributed by atoms with Gasteiger partial charge in [0.15, 0.2) is 0 Å². The Balaban J connectivity index is 1.81. The van der Waals surface area contributed by atoms with Gasteiger partial charge in [-0.2, -0.15) is 0 Å². The molecule has 0 bridgehead atoms. The lowest BCUT2D eigenvalue weighted by Crippen LogP contribution is -2.43. The predicted molar refractivity (Wildman–Crippen MR) is 92.1 cm³/mol. The number of amides is 1. The van der Waals surface area contributed by atoms with Gasteiger partial charge in [-0.3, -0.25) is 9.69 Å². The van der Waals surface area contributed by atoms with Gasteiger partial charge in [0.1, 0.15) is 0 Å². The van der Waals surface area contributed by atoms with Crippen LogP contribution in [0.25, 0.3) is 0 Å². The number of rotatable bonds is 7. The number of benzene rings is 1. The highest BCUT2D eigenvalue weighted by Gasteiger charge is 2.19. The third-order valence-electron chi connectivity index (χ3n) is 3.99. The summed E-state index contributed by atoms with van der Waals surface area (Å²) in [6, 6.07) is 6.95. The van der Waals surface area contributed by atoms with E-state index in [0.717, 1.165) is 32.7 Å². The van der Waals surface area contributed by atoms with Crippen molar-refractivity contribution < 1.29 is 19.1 Å². The maximum absolute atomic E-state index is 12.2. The summed E-state index contributed by atoms with van der Waals surface area (Å²) in [6.07, 6.45) is 1.22. The maximum atomic E-state index is 12.2. The third-order valence-corrected chi connectivity index (χ3v) is 3.99. The quantitative estimate of drug-likeness (QED) is 0.775. The Morgan fingerprint density at radius 2 is 1.92 bits per heavy atom. The van der Waals surface area contributed by atoms with Gasteiger partial charge in [-0.05, 0) is 37.6 Å². The first-order valence-electron chi connectivity index (χ1n) is 8.49. The Morgan fingerprint density at radius 3 is 2.54 bits per heavy atom. The van der Waals surface area contributed by atoms with Gasteiger partial charge in [0.25, 0.3) is 0 Å². The Hall–Kier alpha value is -1.92. The fraction of sp³-hybridized carbons (Fsp3) is 0.556. The SMILES string of the molecule is CCCOC(=O)c1ccc(NC(=O)CC(C)N2CCOCC2)cc1. The van der Waals surface area contributed by atoms with E-state index in [4.69, 9.17) is 9.47 Å². The molecule has 1 atom stereocenters. The van der Waals surface area contributed by atoms with Crippen molar-refractivity contribution in [3.63, 3.8) is 0 Å². The van der Waals surface area contributed by atoms with Crippen LogP contribution in [0.3, 0.4) is 0 Å². The van der Waals surface area contributed by atoms with Crippen molar-refractivity contribution in [1.29, 1.82) is 0 Å². The van der Waals surface area contributed by atoms with Crippen molar-refractivity contribution in [2.24, 2.45) is 0 Å². The lowest BCUT2D eigenvalue weighted by molar-refractivity contribution is -0.117. The highest BCUT2D eigenvalue weighted by Crippen LogP contribution is 2.13. The molecule has 132 valence electrons. The van der Waals surface area contributed by atoms with E-state index >= 15 is 0 Å². The number of hydrogen-bond acceptors (Lipinski definition) is 5. The first-order chi connectivity index (χ1) is 11.6. The van der Waals surface area contributed by atoms with Gasteiger partial charge >= 0.3 is 5.97 Å². The smallest absolute Gasteiger partial charge is 0.338 e. The van der Waals surface area contributed by atoms with E-state index in [1.807, 2.05) is 6.92 Å². The van der Waals surface area contributed by atoms with Crippen molar-refractivity contribution in [2.45, 2.75) is 32.7 Å². The van der Waals surface area contributed by atoms with E-state index in [2.05, 4.69) is 17.1 Å². The molecule has 0 saturated carbocycles. The number of ether oxygens (including phenoxy) is 2. The van der Waals surface area contributed by atoms with Crippen LogP contribution in [0, 0.1) is 0 Å². The highest BCUT2D eigenvalue weighted by atomic mass is 16.5. The van der Waals surface area contributed by atoms with Crippen molar-refractivity contribution in [3.05, 3.63) is 29.8 Å². The fourth-order valence-corrected chi connectivity index (χ4v) is 2.60. The molecule has 24 heavy (non-hydrogen) atoms. The Kier molecular flexibility index (Phi) is 7.21. The fourth-order valence-electron chi connectivity index (χ4n) is 2.60. The summed E-state index contributed by atoms with van der Waals surface area (Å²) in [5.74, 6) is -0.369. The minimum Gasteiger partial charge on any atom is -0.462 e. The Bertz CT molecular complexity index is 538. The molecule has 1 heterocycles. The molecular formula is C18H26N2O4. The van der Waals surface area contributed by atoms with Gasteiger partial charge in [-0.15, -0.1) is 0 Å². The third kappa shape index (κ3) is 5.62. The first kappa shape index (κ1) is 18.4. The van der Waals surface area contributed by atoms with E-state index in [9.17, 15) is 9.59 Å². The van der Waals surface area contributed by atoms with E-state index in [-0.39, 0.29) is 17.9 Å². The van der Waals surface area contributed by atoms with Gasteiger partial charge < -0.3 is 14.8 Å². The zero-order valence-electron chi connectivity index (χ0n) is 14.4. The molecule has 1 aliphatic heterocycles. The number of carbonyl (C=O) groups excluding carboxylic acids is 2. The second kappa shape index (κ2) is 9.39. The topological polar surface area (TPSA) is 67.9 Å². The summed E-state index contributed by atoms with van der Waals surface area (Å²) in [6.45, 7) is 7.59. The van der Waals surface area contributed by atoms with Crippen molar-refractivity contribution >= 4 is 17.6 Å². The molecule has 1 N–H and O–H groups in total. The summed E-state index contributed by atoms with van der Waals surface area (Å²) in [4.78, 5) is 26.2. The van der Waals surface area contributed by atoms with Crippen LogP contribution in [0.5, 0.6) is 0 Å². The Morgan fingerprint density at radius 1 is 1.25 bits per heavy atom. The summed E-state index contributed by atoms with van der Waals surface area (Å²) in [7, 11) is 0. The van der Waals surface area contributed by atoms with Crippen LogP contribution in [0.1, 0.15) is 37.0 Å². The van der Waals surface area contributed by atoms with E-state index in [1.165, 1.54) is 0 Å². The lowest BCUT2D eigenvalue weighted by atomic mass is 10.1. The molecule has 6 nitrogen and oxygen atoms in total. The predicted octanol–water partition coefficient (Wildman–Crippen LogP) is 2.30. The number of hydrogen-bond donors (Lipinski definition) is 1. The molecule has 0 spiro atoms. The standard InChI is InChI=1S/C18H26N2O4/c1-3-10-24-18(22)15-4-6-16(7-5-15)19-17(21)13-14(2)20-8-11-23-12-9-20/h4-7,14H,3,8-13H2,1-2H3,(H,19,21). The molecular weight excluding hydrogens is 308 g/mol. The van der Waals surface area contributed by atoms with E-state index < -0.39 is 0 Å². The normalized spacial score (nSPS) is 16.4. The second-order valence-electron chi connectivity index (χ2n) is 5.96. The number of esters is 1. The monoisotopic (exact) mass is 334 g/mol. The number of nitrogens with one attached hydrogen (secondary N) is 1. The zero-order chi connectivity index (χ0) is 17.4. The van der Waals surface area contributed by atoms with Gasteiger partial charge in [-0.25, -0.2) is 4.79 Å². The summed E-state index contributed by atoms with van der Waals surface area (Å²) < 4.78 is 10.4. The van der Waals surface area contributed by atoms with E-state index in [1.54, 1.807) is 24.3 Å². The molecule has 2 rings (SSSR count). The molecule has 1 fully saturated rings. The molecule has 1 amide bonds. The molecule has 1 aliphatic rings. The highest BCUT2D eigenvalue weighted by molar-refractivity contribution is 5.93. The molecule has 6 heteroatoms. The molecule has 1 aromatic rings. The van der Waals surface area contributed by atoms with Gasteiger partial charge in [-0.1, -0.05) is 6.92 Å². The largest absolute Gasteiger partial charge is 0.462 e. The molecule has 1 unspecified atom stereocenters. The summed E-state index contributed by atoms with van der Waals surface area (Å²) >= 11 is 0. The number of anilines is 1. The number of morpholine rings is 1. The summed E-state index contributed by atoms with van der Waals surface area (Å²) in [5, 5.41) is 2.87. The van der Waals surface area contributed by atoms with E-state index in [0.29, 0.717) is 24.3 Å². The maximum Gasteiger partial charge on any atom is 0.338 e. The average molecular weight is 334 g/mol. The Labute approximate surface area is 143 Å². The number of carbonyl (C=O) groups is 2. The first-order valence-corrected chi connectivity index (χ1v) is 8.49. The van der Waals surface area contributed by atoms with Crippen LogP contribution in [0.4, 0.5) is 5.69 Å². The van der Waals surface area contributed by atoms with Crippen LogP contribution in [0.2, 0.25) is 0 Å². The summed E-state index contributed by atoms with van der Waals surface area (Å²) in [5.41, 5.74) is 1.17. The minimum absolute atomic E-state index is 0.0321. The van der Waals surface area contributed by atoms with Gasteiger partial charge in [0.05, 0.1) is 25.4 Å². The van der Waals surface area contributed by atoms with Crippen LogP contribution in [0.15, 0.2) is 24.3 Å². The van der Waals surface area contributed by atoms with Gasteiger partial charge in [0.2, 0.25) is 5.91 Å². The molecule has 1 aromatic carbocycles. The van der Waals surface area contributed by atoms with Crippen LogP contribution in [-0.4, -0.2) is 55.7 Å². The zero-order valence-corrected chi connectivity index (χ0v) is 14.4. The number of nitrogens with zero attached hydrogens (tertiary/aromatic N) is 1. The second-order valence-corrected chi connectivity index (χ2v) is 5.96. The molecule has 1 saturated heterocycles.